The van der Waals surface area contributed by atoms with Crippen LogP contribution in [0.4, 0.5) is 0 Å². The number of aromatic nitrogens is 2. The van der Waals surface area contributed by atoms with Gasteiger partial charge in [-0.05, 0) is 62.9 Å². The summed E-state index contributed by atoms with van der Waals surface area (Å²) in [7, 11) is 0. The zero-order valence-corrected chi connectivity index (χ0v) is 13.7. The maximum atomic E-state index is 5.96. The zero-order chi connectivity index (χ0) is 14.5. The monoisotopic (exact) mass is 335 g/mol. The van der Waals surface area contributed by atoms with Gasteiger partial charge in [-0.1, -0.05) is 28.1 Å². The van der Waals surface area contributed by atoms with Crippen molar-refractivity contribution in [2.24, 2.45) is 11.7 Å². The fraction of sp³-hybridized carbons (Fsp3) is 0.438. The smallest absolute Gasteiger partial charge is 0.0596 e. The van der Waals surface area contributed by atoms with Gasteiger partial charge in [-0.3, -0.25) is 4.68 Å². The second kappa shape index (κ2) is 7.04. The lowest BCUT2D eigenvalue weighted by molar-refractivity contribution is 0.499. The first-order valence-electron chi connectivity index (χ1n) is 7.10. The molecule has 0 aliphatic rings. The van der Waals surface area contributed by atoms with Crippen molar-refractivity contribution in [2.75, 3.05) is 6.54 Å². The predicted molar refractivity (Wildman–Crippen MR) is 86.7 cm³/mol. The van der Waals surface area contributed by atoms with Gasteiger partial charge in [0.1, 0.15) is 0 Å². The molecule has 0 spiro atoms. The summed E-state index contributed by atoms with van der Waals surface area (Å²) in [4.78, 5) is 0. The molecule has 0 amide bonds. The second-order valence-electron chi connectivity index (χ2n) is 5.23. The van der Waals surface area contributed by atoms with Crippen molar-refractivity contribution in [1.82, 2.24) is 9.78 Å². The van der Waals surface area contributed by atoms with E-state index in [9.17, 15) is 0 Å². The zero-order valence-electron chi connectivity index (χ0n) is 12.1. The van der Waals surface area contributed by atoms with Crippen molar-refractivity contribution < 1.29 is 0 Å². The minimum Gasteiger partial charge on any atom is -0.330 e. The molecule has 0 saturated heterocycles. The molecule has 1 unspecified atom stereocenters. The van der Waals surface area contributed by atoms with Crippen LogP contribution in [0.3, 0.4) is 0 Å². The summed E-state index contributed by atoms with van der Waals surface area (Å²) in [6.07, 6.45) is 2.00. The van der Waals surface area contributed by atoms with E-state index in [1.807, 2.05) is 6.92 Å². The molecule has 20 heavy (non-hydrogen) atoms. The second-order valence-corrected chi connectivity index (χ2v) is 6.14. The highest BCUT2D eigenvalue weighted by atomic mass is 79.9. The lowest BCUT2D eigenvalue weighted by Crippen LogP contribution is -2.21. The summed E-state index contributed by atoms with van der Waals surface area (Å²) in [5.41, 5.74) is 9.67. The van der Waals surface area contributed by atoms with Crippen LogP contribution in [0.15, 0.2) is 34.8 Å². The molecule has 2 rings (SSSR count). The minimum atomic E-state index is 0.456. The van der Waals surface area contributed by atoms with E-state index in [2.05, 4.69) is 63.0 Å². The summed E-state index contributed by atoms with van der Waals surface area (Å²) >= 11 is 3.47. The Balaban J connectivity index is 2.06. The van der Waals surface area contributed by atoms with E-state index < -0.39 is 0 Å². The quantitative estimate of drug-likeness (QED) is 0.879. The van der Waals surface area contributed by atoms with Crippen molar-refractivity contribution in [1.29, 1.82) is 0 Å². The molecule has 0 saturated carbocycles. The van der Waals surface area contributed by atoms with E-state index in [1.165, 1.54) is 11.3 Å². The summed E-state index contributed by atoms with van der Waals surface area (Å²) in [6.45, 7) is 5.78. The van der Waals surface area contributed by atoms with Gasteiger partial charge < -0.3 is 5.73 Å². The highest BCUT2D eigenvalue weighted by Gasteiger charge is 2.13. The third-order valence-corrected chi connectivity index (χ3v) is 4.08. The van der Waals surface area contributed by atoms with E-state index in [1.54, 1.807) is 0 Å². The lowest BCUT2D eigenvalue weighted by atomic mass is 9.95. The largest absolute Gasteiger partial charge is 0.330 e. The molecular formula is C16H22BrN3. The van der Waals surface area contributed by atoms with Crippen LogP contribution in [0, 0.1) is 12.8 Å². The molecule has 0 aliphatic carbocycles. The van der Waals surface area contributed by atoms with Crippen LogP contribution in [0.2, 0.25) is 0 Å². The molecule has 1 aromatic carbocycles. The van der Waals surface area contributed by atoms with Gasteiger partial charge in [0.15, 0.2) is 0 Å². The molecule has 0 radical (unpaired) electrons. The van der Waals surface area contributed by atoms with E-state index in [0.717, 1.165) is 29.6 Å². The van der Waals surface area contributed by atoms with Gasteiger partial charge in [0.25, 0.3) is 0 Å². The third-order valence-electron chi connectivity index (χ3n) is 3.55. The Morgan fingerprint density at radius 3 is 2.55 bits per heavy atom. The van der Waals surface area contributed by atoms with Gasteiger partial charge in [0.05, 0.1) is 5.69 Å². The standard InChI is InChI=1S/C16H22BrN3/c1-3-20-16(8-12(2)19-20)10-14(11-18)9-13-4-6-15(17)7-5-13/h4-8,14H,3,9-11,18H2,1-2H3. The normalized spacial score (nSPS) is 12.6. The van der Waals surface area contributed by atoms with E-state index in [0.29, 0.717) is 12.5 Å². The fourth-order valence-corrected chi connectivity index (χ4v) is 2.79. The molecule has 1 heterocycles. The first kappa shape index (κ1) is 15.3. The van der Waals surface area contributed by atoms with Crippen LogP contribution in [0.1, 0.15) is 23.9 Å². The highest BCUT2D eigenvalue weighted by Crippen LogP contribution is 2.17. The van der Waals surface area contributed by atoms with Crippen molar-refractivity contribution >= 4 is 15.9 Å². The summed E-state index contributed by atoms with van der Waals surface area (Å²) < 4.78 is 3.20. The molecule has 0 bridgehead atoms. The first-order valence-corrected chi connectivity index (χ1v) is 7.89. The SMILES string of the molecule is CCn1nc(C)cc1CC(CN)Cc1ccc(Br)cc1. The van der Waals surface area contributed by atoms with Crippen LogP contribution in [0.25, 0.3) is 0 Å². The van der Waals surface area contributed by atoms with Gasteiger partial charge >= 0.3 is 0 Å². The number of hydrogen-bond acceptors (Lipinski definition) is 2. The summed E-state index contributed by atoms with van der Waals surface area (Å²) in [5, 5.41) is 4.50. The van der Waals surface area contributed by atoms with E-state index in [-0.39, 0.29) is 0 Å². The number of hydrogen-bond donors (Lipinski definition) is 1. The highest BCUT2D eigenvalue weighted by molar-refractivity contribution is 9.10. The number of aryl methyl sites for hydroxylation is 2. The average Bonchev–Trinajstić information content (AvgIpc) is 2.80. The van der Waals surface area contributed by atoms with Gasteiger partial charge in [0.2, 0.25) is 0 Å². The van der Waals surface area contributed by atoms with Crippen molar-refractivity contribution in [3.05, 3.63) is 51.8 Å². The van der Waals surface area contributed by atoms with E-state index >= 15 is 0 Å². The minimum absolute atomic E-state index is 0.456. The fourth-order valence-electron chi connectivity index (χ4n) is 2.53. The maximum Gasteiger partial charge on any atom is 0.0596 e. The topological polar surface area (TPSA) is 43.8 Å². The Hall–Kier alpha value is -1.13. The van der Waals surface area contributed by atoms with Crippen LogP contribution < -0.4 is 5.73 Å². The lowest BCUT2D eigenvalue weighted by Gasteiger charge is -2.15. The summed E-state index contributed by atoms with van der Waals surface area (Å²) in [5.74, 6) is 0.456. The number of halogens is 1. The Bertz CT molecular complexity index is 545. The van der Waals surface area contributed by atoms with Crippen LogP contribution in [0.5, 0.6) is 0 Å². The molecule has 4 heteroatoms. The average molecular weight is 336 g/mol. The van der Waals surface area contributed by atoms with Crippen molar-refractivity contribution in [3.63, 3.8) is 0 Å². The molecule has 2 N–H and O–H groups in total. The third kappa shape index (κ3) is 3.93. The van der Waals surface area contributed by atoms with Crippen LogP contribution in [-0.4, -0.2) is 16.3 Å². The maximum absolute atomic E-state index is 5.96. The van der Waals surface area contributed by atoms with Gasteiger partial charge in [0, 0.05) is 16.7 Å². The predicted octanol–water partition coefficient (Wildman–Crippen LogP) is 3.33. The Morgan fingerprint density at radius 2 is 1.95 bits per heavy atom. The molecule has 0 fully saturated rings. The number of rotatable bonds is 6. The number of nitrogens with zero attached hydrogens (tertiary/aromatic N) is 2. The molecular weight excluding hydrogens is 314 g/mol. The van der Waals surface area contributed by atoms with Gasteiger partial charge in [-0.25, -0.2) is 0 Å². The number of nitrogens with two attached hydrogens (primary N) is 1. The Morgan fingerprint density at radius 1 is 1.25 bits per heavy atom. The molecule has 1 aromatic heterocycles. The Labute approximate surface area is 129 Å². The molecule has 3 nitrogen and oxygen atoms in total. The van der Waals surface area contributed by atoms with Crippen molar-refractivity contribution in [3.8, 4) is 0 Å². The van der Waals surface area contributed by atoms with Gasteiger partial charge in [-0.15, -0.1) is 0 Å². The molecule has 108 valence electrons. The summed E-state index contributed by atoms with van der Waals surface area (Å²) in [6, 6.07) is 10.7. The molecule has 1 atom stereocenters. The molecule has 0 aliphatic heterocycles. The van der Waals surface area contributed by atoms with Crippen LogP contribution in [-0.2, 0) is 19.4 Å². The van der Waals surface area contributed by atoms with Crippen LogP contribution >= 0.6 is 15.9 Å². The van der Waals surface area contributed by atoms with Gasteiger partial charge in [-0.2, -0.15) is 5.10 Å². The Kier molecular flexibility index (Phi) is 5.38. The van der Waals surface area contributed by atoms with Crippen molar-refractivity contribution in [2.45, 2.75) is 33.2 Å². The molecule has 2 aromatic rings. The first-order chi connectivity index (χ1) is 9.62. The number of benzene rings is 1. The van der Waals surface area contributed by atoms with E-state index in [4.69, 9.17) is 5.73 Å².